The number of carbonyl (C=O) groups excluding carboxylic acids is 1. The fraction of sp³-hybridized carbons (Fsp3) is 0.526. The smallest absolute Gasteiger partial charge is 0.162 e. The summed E-state index contributed by atoms with van der Waals surface area (Å²) in [5.74, 6) is 2.80. The van der Waals surface area contributed by atoms with Gasteiger partial charge in [-0.25, -0.2) is 0 Å². The fourth-order valence-electron chi connectivity index (χ4n) is 4.82. The molecule has 23 heavy (non-hydrogen) atoms. The highest BCUT2D eigenvalue weighted by molar-refractivity contribution is 8.21. The molecule has 0 aromatic heterocycles. The molecule has 0 radical (unpaired) electrons. The second-order valence-corrected chi connectivity index (χ2v) is 9.96. The molecule has 120 valence electrons. The molecular formula is C19H21NOS2. The quantitative estimate of drug-likeness (QED) is 0.704. The Morgan fingerprint density at radius 1 is 1.09 bits per heavy atom. The number of ketones is 1. The van der Waals surface area contributed by atoms with Gasteiger partial charge < -0.3 is 4.90 Å². The molecule has 0 saturated carbocycles. The number of benzene rings is 1. The Labute approximate surface area is 146 Å². The zero-order valence-corrected chi connectivity index (χ0v) is 14.8. The Morgan fingerprint density at radius 3 is 2.78 bits per heavy atom. The van der Waals surface area contributed by atoms with Crippen molar-refractivity contribution >= 4 is 29.3 Å². The van der Waals surface area contributed by atoms with Crippen molar-refractivity contribution in [3.63, 3.8) is 0 Å². The molecule has 1 spiro atoms. The summed E-state index contributed by atoms with van der Waals surface area (Å²) in [4.78, 5) is 15.4. The molecule has 2 nitrogen and oxygen atoms in total. The highest BCUT2D eigenvalue weighted by Gasteiger charge is 2.52. The van der Waals surface area contributed by atoms with Gasteiger partial charge in [-0.15, -0.1) is 23.5 Å². The van der Waals surface area contributed by atoms with Crippen LogP contribution in [0.2, 0.25) is 0 Å². The van der Waals surface area contributed by atoms with E-state index in [9.17, 15) is 4.79 Å². The van der Waals surface area contributed by atoms with Crippen LogP contribution in [0.1, 0.15) is 42.9 Å². The molecule has 3 heterocycles. The number of rotatable bonds is 0. The van der Waals surface area contributed by atoms with Gasteiger partial charge in [0.25, 0.3) is 0 Å². The molecular weight excluding hydrogens is 322 g/mol. The van der Waals surface area contributed by atoms with Crippen LogP contribution in [0.3, 0.4) is 0 Å². The topological polar surface area (TPSA) is 20.3 Å². The molecule has 1 aromatic carbocycles. The molecule has 1 aromatic rings. The number of nitrogens with zero attached hydrogens (tertiary/aromatic N) is 1. The van der Waals surface area contributed by atoms with E-state index < -0.39 is 0 Å². The lowest BCUT2D eigenvalue weighted by Crippen LogP contribution is -2.47. The Balaban J connectivity index is 1.68. The first kappa shape index (κ1) is 14.5. The number of allylic oxidation sites excluding steroid dienone is 1. The van der Waals surface area contributed by atoms with Gasteiger partial charge in [-0.05, 0) is 30.4 Å². The van der Waals surface area contributed by atoms with Gasteiger partial charge in [0.15, 0.2) is 5.78 Å². The highest BCUT2D eigenvalue weighted by Crippen LogP contribution is 2.60. The summed E-state index contributed by atoms with van der Waals surface area (Å²) in [6.07, 6.45) is 5.11. The van der Waals surface area contributed by atoms with Crippen LogP contribution < -0.4 is 0 Å². The molecule has 3 aliphatic heterocycles. The summed E-state index contributed by atoms with van der Waals surface area (Å²) in [5.41, 5.74) is 5.62. The maximum atomic E-state index is 12.8. The minimum Gasteiger partial charge on any atom is -0.367 e. The molecule has 1 fully saturated rings. The van der Waals surface area contributed by atoms with Gasteiger partial charge in [-0.3, -0.25) is 4.79 Å². The van der Waals surface area contributed by atoms with Crippen LogP contribution in [0.5, 0.6) is 0 Å². The minimum atomic E-state index is 0.0401. The normalized spacial score (nSPS) is 28.6. The van der Waals surface area contributed by atoms with Crippen LogP contribution in [0.25, 0.3) is 0 Å². The van der Waals surface area contributed by atoms with Crippen LogP contribution in [0, 0.1) is 0 Å². The van der Waals surface area contributed by atoms with Crippen LogP contribution in [0.4, 0.5) is 0 Å². The van der Waals surface area contributed by atoms with Crippen molar-refractivity contribution in [1.82, 2.24) is 4.90 Å². The summed E-state index contributed by atoms with van der Waals surface area (Å²) < 4.78 is 0.0401. The van der Waals surface area contributed by atoms with Gasteiger partial charge in [-0.2, -0.15) is 0 Å². The van der Waals surface area contributed by atoms with E-state index in [4.69, 9.17) is 0 Å². The van der Waals surface area contributed by atoms with E-state index in [1.165, 1.54) is 33.9 Å². The number of Topliss-reactive ketones (excluding diaryl/α,β-unsaturated/α-hetero) is 1. The predicted octanol–water partition coefficient (Wildman–Crippen LogP) is 4.17. The molecule has 1 aliphatic carbocycles. The standard InChI is InChI=1S/C19H21NOS2/c21-17-7-3-6-15-18(17)19(22-10-11-23-19)12-16-14-5-2-1-4-13(14)8-9-20(15)16/h1-2,4-5,16H,3,6-12H2/t16-/m0/s1. The van der Waals surface area contributed by atoms with E-state index in [1.807, 2.05) is 23.5 Å². The number of hydrogen-bond acceptors (Lipinski definition) is 4. The maximum absolute atomic E-state index is 12.8. The van der Waals surface area contributed by atoms with Gasteiger partial charge in [-0.1, -0.05) is 24.3 Å². The first-order valence-electron chi connectivity index (χ1n) is 8.68. The summed E-state index contributed by atoms with van der Waals surface area (Å²) in [7, 11) is 0. The summed E-state index contributed by atoms with van der Waals surface area (Å²) in [5, 5.41) is 0. The third-order valence-electron chi connectivity index (χ3n) is 5.74. The van der Waals surface area contributed by atoms with Crippen molar-refractivity contribution in [3.8, 4) is 0 Å². The van der Waals surface area contributed by atoms with E-state index in [2.05, 4.69) is 29.2 Å². The Hall–Kier alpha value is -0.870. The molecule has 0 bridgehead atoms. The molecule has 4 aliphatic rings. The van der Waals surface area contributed by atoms with Gasteiger partial charge >= 0.3 is 0 Å². The molecule has 0 N–H and O–H groups in total. The highest BCUT2D eigenvalue weighted by atomic mass is 32.2. The molecule has 4 heteroatoms. The van der Waals surface area contributed by atoms with Crippen molar-refractivity contribution < 1.29 is 4.79 Å². The first-order valence-corrected chi connectivity index (χ1v) is 10.6. The van der Waals surface area contributed by atoms with E-state index in [0.717, 1.165) is 38.6 Å². The first-order chi connectivity index (χ1) is 11.3. The van der Waals surface area contributed by atoms with Crippen molar-refractivity contribution in [2.45, 2.75) is 42.2 Å². The second kappa shape index (κ2) is 5.32. The Kier molecular flexibility index (Phi) is 3.35. The van der Waals surface area contributed by atoms with Gasteiger partial charge in [0, 0.05) is 42.2 Å². The predicted molar refractivity (Wildman–Crippen MR) is 97.7 cm³/mol. The van der Waals surface area contributed by atoms with Crippen LogP contribution in [-0.2, 0) is 11.2 Å². The van der Waals surface area contributed by atoms with Crippen LogP contribution >= 0.6 is 23.5 Å². The zero-order valence-electron chi connectivity index (χ0n) is 13.2. The van der Waals surface area contributed by atoms with Crippen molar-refractivity contribution in [1.29, 1.82) is 0 Å². The number of hydrogen-bond donors (Lipinski definition) is 0. The van der Waals surface area contributed by atoms with Gasteiger partial charge in [0.1, 0.15) is 0 Å². The lowest BCUT2D eigenvalue weighted by Gasteiger charge is -2.51. The van der Waals surface area contributed by atoms with Gasteiger partial charge in [0.05, 0.1) is 10.1 Å². The van der Waals surface area contributed by atoms with E-state index in [1.54, 1.807) is 0 Å². The SMILES string of the molecule is O=C1CCCC2=C1C1(C[C@H]3c4ccccc4CCN23)SCCS1. The molecule has 5 rings (SSSR count). The number of fused-ring (bicyclic) bond motifs is 5. The van der Waals surface area contributed by atoms with Crippen LogP contribution in [-0.4, -0.2) is 32.8 Å². The number of thioether (sulfide) groups is 2. The summed E-state index contributed by atoms with van der Waals surface area (Å²) in [6.45, 7) is 1.08. The third kappa shape index (κ3) is 2.07. The molecule has 1 saturated heterocycles. The van der Waals surface area contributed by atoms with Gasteiger partial charge in [0.2, 0.25) is 0 Å². The van der Waals surface area contributed by atoms with Crippen molar-refractivity contribution in [2.24, 2.45) is 0 Å². The average molecular weight is 344 g/mol. The summed E-state index contributed by atoms with van der Waals surface area (Å²) >= 11 is 4.09. The lowest BCUT2D eigenvalue weighted by atomic mass is 9.79. The Morgan fingerprint density at radius 2 is 1.91 bits per heavy atom. The maximum Gasteiger partial charge on any atom is 0.162 e. The third-order valence-corrected chi connectivity index (χ3v) is 9.20. The van der Waals surface area contributed by atoms with E-state index in [0.29, 0.717) is 11.8 Å². The average Bonchev–Trinajstić information content (AvgIpc) is 3.03. The summed E-state index contributed by atoms with van der Waals surface area (Å²) in [6, 6.07) is 9.44. The van der Waals surface area contributed by atoms with E-state index in [-0.39, 0.29) is 4.08 Å². The van der Waals surface area contributed by atoms with Crippen molar-refractivity contribution in [3.05, 3.63) is 46.7 Å². The van der Waals surface area contributed by atoms with Crippen LogP contribution in [0.15, 0.2) is 35.5 Å². The molecule has 0 unspecified atom stereocenters. The lowest BCUT2D eigenvalue weighted by molar-refractivity contribution is -0.116. The molecule has 0 amide bonds. The zero-order chi connectivity index (χ0) is 15.4. The minimum absolute atomic E-state index is 0.0401. The monoisotopic (exact) mass is 343 g/mol. The Bertz CT molecular complexity index is 705. The largest absolute Gasteiger partial charge is 0.367 e. The van der Waals surface area contributed by atoms with E-state index >= 15 is 0 Å². The fourth-order valence-corrected chi connectivity index (χ4v) is 8.28. The number of carbonyl (C=O) groups is 1. The van der Waals surface area contributed by atoms with Crippen molar-refractivity contribution in [2.75, 3.05) is 18.1 Å². The second-order valence-electron chi connectivity index (χ2n) is 6.91. The molecule has 1 atom stereocenters.